The zero-order valence-electron chi connectivity index (χ0n) is 18.4. The van der Waals surface area contributed by atoms with E-state index in [9.17, 15) is 0 Å². The molecule has 6 heteroatoms. The standard InChI is InChI=1S/C27H26O6/c1-28-24-11-18(7-9-22(24)29-13-17-5-3-2-4-6-17)26-20-14-31-27(21(20)15-30-26)19-8-10-23-25(12-19)33-16-32-23/h2-12,20-21,26-27H,13-16H2,1H3/t20-,21-,26+,27+/m1/s1. The van der Waals surface area contributed by atoms with Gasteiger partial charge in [0.05, 0.1) is 32.5 Å². The molecule has 6 rings (SSSR count). The maximum Gasteiger partial charge on any atom is 0.231 e. The van der Waals surface area contributed by atoms with Crippen molar-refractivity contribution in [1.82, 2.24) is 0 Å². The molecule has 33 heavy (non-hydrogen) atoms. The smallest absolute Gasteiger partial charge is 0.231 e. The Hall–Kier alpha value is -3.22. The maximum absolute atomic E-state index is 6.29. The van der Waals surface area contributed by atoms with Crippen LogP contribution in [0.5, 0.6) is 23.0 Å². The normalized spacial score (nSPS) is 25.1. The second-order valence-electron chi connectivity index (χ2n) is 8.63. The Morgan fingerprint density at radius 1 is 0.758 bits per heavy atom. The van der Waals surface area contributed by atoms with Crippen molar-refractivity contribution in [2.75, 3.05) is 27.1 Å². The number of benzene rings is 3. The zero-order chi connectivity index (χ0) is 22.2. The van der Waals surface area contributed by atoms with E-state index < -0.39 is 0 Å². The number of hydrogen-bond acceptors (Lipinski definition) is 6. The molecule has 0 bridgehead atoms. The molecule has 0 N–H and O–H groups in total. The second-order valence-corrected chi connectivity index (χ2v) is 8.63. The van der Waals surface area contributed by atoms with Gasteiger partial charge >= 0.3 is 0 Å². The Kier molecular flexibility index (Phi) is 5.32. The van der Waals surface area contributed by atoms with Crippen LogP contribution >= 0.6 is 0 Å². The Balaban J connectivity index is 1.18. The fourth-order valence-corrected chi connectivity index (χ4v) is 5.04. The van der Waals surface area contributed by atoms with Gasteiger partial charge in [-0.05, 0) is 41.0 Å². The van der Waals surface area contributed by atoms with E-state index in [1.165, 1.54) is 0 Å². The number of hydrogen-bond donors (Lipinski definition) is 0. The lowest BCUT2D eigenvalue weighted by molar-refractivity contribution is 0.0191. The predicted octanol–water partition coefficient (Wildman–Crippen LogP) is 5.08. The molecule has 3 aliphatic heterocycles. The van der Waals surface area contributed by atoms with Gasteiger partial charge in [0, 0.05) is 11.8 Å². The summed E-state index contributed by atoms with van der Waals surface area (Å²) in [6.45, 7) is 2.08. The fraction of sp³-hybridized carbons (Fsp3) is 0.333. The Bertz CT molecular complexity index is 1130. The molecule has 0 spiro atoms. The molecule has 2 fully saturated rings. The Labute approximate surface area is 192 Å². The van der Waals surface area contributed by atoms with E-state index >= 15 is 0 Å². The first kappa shape index (κ1) is 20.4. The zero-order valence-corrected chi connectivity index (χ0v) is 18.4. The van der Waals surface area contributed by atoms with Crippen LogP contribution < -0.4 is 18.9 Å². The van der Waals surface area contributed by atoms with Crippen LogP contribution in [0, 0.1) is 11.8 Å². The summed E-state index contributed by atoms with van der Waals surface area (Å²) < 4.78 is 35.2. The van der Waals surface area contributed by atoms with Crippen LogP contribution in [0.15, 0.2) is 66.7 Å². The largest absolute Gasteiger partial charge is 0.493 e. The van der Waals surface area contributed by atoms with Gasteiger partial charge in [-0.25, -0.2) is 0 Å². The van der Waals surface area contributed by atoms with Crippen molar-refractivity contribution < 1.29 is 28.4 Å². The lowest BCUT2D eigenvalue weighted by atomic mass is 9.85. The predicted molar refractivity (Wildman–Crippen MR) is 121 cm³/mol. The monoisotopic (exact) mass is 446 g/mol. The van der Waals surface area contributed by atoms with Gasteiger partial charge in [0.2, 0.25) is 6.79 Å². The molecule has 0 aromatic heterocycles. The van der Waals surface area contributed by atoms with Crippen LogP contribution in [-0.4, -0.2) is 27.1 Å². The summed E-state index contributed by atoms with van der Waals surface area (Å²) in [5.41, 5.74) is 3.31. The molecule has 3 aliphatic rings. The van der Waals surface area contributed by atoms with Crippen molar-refractivity contribution in [2.45, 2.75) is 18.8 Å². The molecule has 0 saturated carbocycles. The summed E-state index contributed by atoms with van der Waals surface area (Å²) >= 11 is 0. The molecule has 2 saturated heterocycles. The van der Waals surface area contributed by atoms with E-state index in [0.29, 0.717) is 25.6 Å². The van der Waals surface area contributed by atoms with E-state index in [1.54, 1.807) is 7.11 Å². The fourth-order valence-electron chi connectivity index (χ4n) is 5.04. The van der Waals surface area contributed by atoms with E-state index in [0.717, 1.165) is 33.9 Å². The Morgan fingerprint density at radius 3 is 2.21 bits per heavy atom. The van der Waals surface area contributed by atoms with Gasteiger partial charge < -0.3 is 28.4 Å². The highest BCUT2D eigenvalue weighted by Gasteiger charge is 2.48. The summed E-state index contributed by atoms with van der Waals surface area (Å²) in [5, 5.41) is 0. The molecule has 0 unspecified atom stereocenters. The summed E-state index contributed by atoms with van der Waals surface area (Å²) in [5.74, 6) is 3.57. The van der Waals surface area contributed by atoms with Crippen molar-refractivity contribution in [2.24, 2.45) is 11.8 Å². The van der Waals surface area contributed by atoms with Crippen LogP contribution in [0.1, 0.15) is 28.9 Å². The lowest BCUT2D eigenvalue weighted by Gasteiger charge is -2.19. The molecular formula is C27H26O6. The number of methoxy groups -OCH3 is 1. The second kappa shape index (κ2) is 8.61. The first-order valence-electron chi connectivity index (χ1n) is 11.3. The average Bonchev–Trinajstić information content (AvgIpc) is 3.59. The van der Waals surface area contributed by atoms with Crippen molar-refractivity contribution in [3.8, 4) is 23.0 Å². The third kappa shape index (κ3) is 3.79. The van der Waals surface area contributed by atoms with Gasteiger partial charge in [0.25, 0.3) is 0 Å². The van der Waals surface area contributed by atoms with Gasteiger partial charge in [-0.2, -0.15) is 0 Å². The third-order valence-electron chi connectivity index (χ3n) is 6.74. The first-order valence-corrected chi connectivity index (χ1v) is 11.3. The topological polar surface area (TPSA) is 55.4 Å². The molecule has 4 atom stereocenters. The summed E-state index contributed by atoms with van der Waals surface area (Å²) in [6, 6.07) is 22.2. The molecule has 6 nitrogen and oxygen atoms in total. The molecule has 3 aromatic carbocycles. The minimum Gasteiger partial charge on any atom is -0.493 e. The summed E-state index contributed by atoms with van der Waals surface area (Å²) in [4.78, 5) is 0. The van der Waals surface area contributed by atoms with E-state index in [-0.39, 0.29) is 30.8 Å². The van der Waals surface area contributed by atoms with Gasteiger partial charge in [0.1, 0.15) is 6.61 Å². The number of rotatable bonds is 6. The SMILES string of the molecule is COc1cc([C@@H]2OC[C@@H]3[C@H]2CO[C@H]3c2ccc3c(c2)OCO3)ccc1OCc1ccccc1. The van der Waals surface area contributed by atoms with Gasteiger partial charge in [-0.3, -0.25) is 0 Å². The van der Waals surface area contributed by atoms with Crippen molar-refractivity contribution in [3.05, 3.63) is 83.4 Å². The van der Waals surface area contributed by atoms with E-state index in [4.69, 9.17) is 28.4 Å². The van der Waals surface area contributed by atoms with E-state index in [2.05, 4.69) is 12.1 Å². The van der Waals surface area contributed by atoms with Crippen LogP contribution in [-0.2, 0) is 16.1 Å². The van der Waals surface area contributed by atoms with Crippen molar-refractivity contribution >= 4 is 0 Å². The van der Waals surface area contributed by atoms with Crippen LogP contribution in [0.25, 0.3) is 0 Å². The number of fused-ring (bicyclic) bond motifs is 2. The third-order valence-corrected chi connectivity index (χ3v) is 6.74. The molecule has 0 amide bonds. The van der Waals surface area contributed by atoms with Crippen LogP contribution in [0.4, 0.5) is 0 Å². The highest BCUT2D eigenvalue weighted by molar-refractivity contribution is 5.46. The van der Waals surface area contributed by atoms with Gasteiger partial charge in [0.15, 0.2) is 23.0 Å². The molecule has 0 aliphatic carbocycles. The maximum atomic E-state index is 6.29. The first-order chi connectivity index (χ1) is 16.3. The van der Waals surface area contributed by atoms with Crippen LogP contribution in [0.2, 0.25) is 0 Å². The molecule has 0 radical (unpaired) electrons. The number of ether oxygens (including phenoxy) is 6. The Morgan fingerprint density at radius 2 is 1.45 bits per heavy atom. The van der Waals surface area contributed by atoms with Gasteiger partial charge in [-0.15, -0.1) is 0 Å². The molecule has 3 heterocycles. The highest BCUT2D eigenvalue weighted by atomic mass is 16.7. The van der Waals surface area contributed by atoms with E-state index in [1.807, 2.05) is 54.6 Å². The van der Waals surface area contributed by atoms with Crippen molar-refractivity contribution in [3.63, 3.8) is 0 Å². The minimum atomic E-state index is -0.0360. The summed E-state index contributed by atoms with van der Waals surface area (Å²) in [6.07, 6.45) is -0.0454. The average molecular weight is 446 g/mol. The molecule has 170 valence electrons. The van der Waals surface area contributed by atoms with Gasteiger partial charge in [-0.1, -0.05) is 42.5 Å². The molecule has 3 aromatic rings. The van der Waals surface area contributed by atoms with Crippen LogP contribution in [0.3, 0.4) is 0 Å². The minimum absolute atomic E-state index is 0.00938. The summed E-state index contributed by atoms with van der Waals surface area (Å²) in [7, 11) is 1.67. The highest BCUT2D eigenvalue weighted by Crippen LogP contribution is 2.51. The quantitative estimate of drug-likeness (QED) is 0.527. The van der Waals surface area contributed by atoms with Crippen molar-refractivity contribution in [1.29, 1.82) is 0 Å². The lowest BCUT2D eigenvalue weighted by Crippen LogP contribution is -2.14. The molecular weight excluding hydrogens is 420 g/mol.